The number of rotatable bonds is 2. The predicted octanol–water partition coefficient (Wildman–Crippen LogP) is 5.86. The normalized spacial score (nSPS) is 16.2. The monoisotopic (exact) mass is 304 g/mol. The molecule has 0 spiro atoms. The van der Waals surface area contributed by atoms with Crippen molar-refractivity contribution >= 4 is 22.9 Å². The van der Waals surface area contributed by atoms with Crippen LogP contribution < -0.4 is 0 Å². The molecule has 0 aliphatic heterocycles. The number of hydrogen-bond donors (Lipinski definition) is 0. The summed E-state index contributed by atoms with van der Waals surface area (Å²) in [6.07, 6.45) is 3.74. The van der Waals surface area contributed by atoms with E-state index in [1.807, 2.05) is 11.3 Å². The minimum absolute atomic E-state index is 0.0120. The fraction of sp³-hybridized carbons (Fsp3) is 0.444. The van der Waals surface area contributed by atoms with Crippen LogP contribution in [0.2, 0.25) is 0 Å². The van der Waals surface area contributed by atoms with Crippen molar-refractivity contribution < 1.29 is 0 Å². The van der Waals surface area contributed by atoms with Gasteiger partial charge in [0, 0.05) is 9.75 Å². The van der Waals surface area contributed by atoms with Crippen LogP contribution in [0.1, 0.15) is 59.0 Å². The fourth-order valence-electron chi connectivity index (χ4n) is 2.81. The number of fused-ring (bicyclic) bond motifs is 1. The number of halogens is 1. The Morgan fingerprint density at radius 1 is 1.05 bits per heavy atom. The zero-order valence-corrected chi connectivity index (χ0v) is 13.9. The molecule has 1 aliphatic carbocycles. The molecule has 3 rings (SSSR count). The van der Waals surface area contributed by atoms with Crippen LogP contribution in [0.5, 0.6) is 0 Å². The summed E-state index contributed by atoms with van der Waals surface area (Å²) >= 11 is 8.55. The topological polar surface area (TPSA) is 0 Å². The standard InChI is InChI=1S/C18H21ClS/c1-18(2,3)16-10-9-15(20-16)17(19)14-8-7-12-5-4-6-13(12)11-14/h7-11,17H,4-6H2,1-3H3. The second-order valence-electron chi connectivity index (χ2n) is 6.70. The Morgan fingerprint density at radius 2 is 1.80 bits per heavy atom. The van der Waals surface area contributed by atoms with Gasteiger partial charge in [-0.1, -0.05) is 39.0 Å². The molecule has 2 heteroatoms. The summed E-state index contributed by atoms with van der Waals surface area (Å²) in [5, 5.41) is -0.0120. The van der Waals surface area contributed by atoms with E-state index >= 15 is 0 Å². The number of alkyl halides is 1. The Balaban J connectivity index is 1.89. The lowest BCUT2D eigenvalue weighted by molar-refractivity contribution is 0.604. The number of thiophene rings is 1. The summed E-state index contributed by atoms with van der Waals surface area (Å²) in [5.74, 6) is 0. The van der Waals surface area contributed by atoms with E-state index < -0.39 is 0 Å². The number of aryl methyl sites for hydroxylation is 2. The predicted molar refractivity (Wildman–Crippen MR) is 89.2 cm³/mol. The Hall–Kier alpha value is -0.790. The third kappa shape index (κ3) is 2.66. The molecule has 20 heavy (non-hydrogen) atoms. The second-order valence-corrected chi connectivity index (χ2v) is 8.25. The maximum absolute atomic E-state index is 6.71. The molecular formula is C18H21ClS. The third-order valence-corrected chi connectivity index (χ3v) is 6.22. The molecule has 1 aliphatic rings. The van der Waals surface area contributed by atoms with E-state index in [0.717, 1.165) is 0 Å². The quantitative estimate of drug-likeness (QED) is 0.609. The Kier molecular flexibility index (Phi) is 3.68. The summed E-state index contributed by atoms with van der Waals surface area (Å²) < 4.78 is 0. The minimum atomic E-state index is -0.0120. The third-order valence-electron chi connectivity index (χ3n) is 4.03. The molecule has 0 saturated carbocycles. The van der Waals surface area contributed by atoms with Crippen LogP contribution in [0.15, 0.2) is 30.3 Å². The lowest BCUT2D eigenvalue weighted by Crippen LogP contribution is -2.07. The van der Waals surface area contributed by atoms with E-state index in [0.29, 0.717) is 0 Å². The van der Waals surface area contributed by atoms with E-state index in [2.05, 4.69) is 51.1 Å². The van der Waals surface area contributed by atoms with Crippen LogP contribution in [0, 0.1) is 0 Å². The molecule has 0 amide bonds. The maximum Gasteiger partial charge on any atom is 0.0927 e. The molecule has 2 aromatic rings. The molecule has 0 bridgehead atoms. The summed E-state index contributed by atoms with van der Waals surface area (Å²) in [7, 11) is 0. The van der Waals surface area contributed by atoms with Gasteiger partial charge in [-0.3, -0.25) is 0 Å². The largest absolute Gasteiger partial charge is 0.143 e. The highest BCUT2D eigenvalue weighted by molar-refractivity contribution is 7.12. The SMILES string of the molecule is CC(C)(C)c1ccc(C(Cl)c2ccc3c(c2)CCC3)s1. The lowest BCUT2D eigenvalue weighted by Gasteiger charge is -2.16. The molecule has 1 unspecified atom stereocenters. The van der Waals surface area contributed by atoms with Crippen LogP contribution in [-0.2, 0) is 18.3 Å². The van der Waals surface area contributed by atoms with Crippen molar-refractivity contribution in [1.82, 2.24) is 0 Å². The van der Waals surface area contributed by atoms with Crippen molar-refractivity contribution in [3.63, 3.8) is 0 Å². The van der Waals surface area contributed by atoms with Gasteiger partial charge in [0.15, 0.2) is 0 Å². The molecule has 1 heterocycles. The van der Waals surface area contributed by atoms with Gasteiger partial charge in [0.05, 0.1) is 5.38 Å². The van der Waals surface area contributed by atoms with Crippen LogP contribution in [0.4, 0.5) is 0 Å². The number of benzene rings is 1. The molecule has 1 atom stereocenters. The maximum atomic E-state index is 6.71. The summed E-state index contributed by atoms with van der Waals surface area (Å²) in [6, 6.07) is 11.2. The first-order valence-electron chi connectivity index (χ1n) is 7.31. The van der Waals surface area contributed by atoms with Gasteiger partial charge in [0.25, 0.3) is 0 Å². The Labute approximate surface area is 130 Å². The fourth-order valence-corrected chi connectivity index (χ4v) is 4.22. The van der Waals surface area contributed by atoms with Crippen molar-refractivity contribution in [3.8, 4) is 0 Å². The molecular weight excluding hydrogens is 284 g/mol. The highest BCUT2D eigenvalue weighted by atomic mass is 35.5. The van der Waals surface area contributed by atoms with E-state index in [-0.39, 0.29) is 10.8 Å². The molecule has 0 fully saturated rings. The van der Waals surface area contributed by atoms with Gasteiger partial charge in [-0.05, 0) is 53.5 Å². The van der Waals surface area contributed by atoms with Gasteiger partial charge in [-0.25, -0.2) is 0 Å². The van der Waals surface area contributed by atoms with Crippen LogP contribution in [-0.4, -0.2) is 0 Å². The van der Waals surface area contributed by atoms with E-state index in [1.165, 1.54) is 45.7 Å². The minimum Gasteiger partial charge on any atom is -0.143 e. The van der Waals surface area contributed by atoms with Crippen molar-refractivity contribution in [2.24, 2.45) is 0 Å². The van der Waals surface area contributed by atoms with Crippen LogP contribution >= 0.6 is 22.9 Å². The molecule has 106 valence electrons. The van der Waals surface area contributed by atoms with E-state index in [9.17, 15) is 0 Å². The molecule has 1 aromatic carbocycles. The van der Waals surface area contributed by atoms with Crippen molar-refractivity contribution in [1.29, 1.82) is 0 Å². The van der Waals surface area contributed by atoms with Crippen molar-refractivity contribution in [3.05, 3.63) is 56.8 Å². The van der Waals surface area contributed by atoms with Gasteiger partial charge < -0.3 is 0 Å². The van der Waals surface area contributed by atoms with E-state index in [1.54, 1.807) is 0 Å². The first kappa shape index (κ1) is 14.2. The summed E-state index contributed by atoms with van der Waals surface area (Å²) in [6.45, 7) is 6.75. The van der Waals surface area contributed by atoms with Gasteiger partial charge in [-0.2, -0.15) is 0 Å². The first-order chi connectivity index (χ1) is 9.45. The van der Waals surface area contributed by atoms with Gasteiger partial charge >= 0.3 is 0 Å². The van der Waals surface area contributed by atoms with Gasteiger partial charge in [-0.15, -0.1) is 22.9 Å². The van der Waals surface area contributed by atoms with Crippen molar-refractivity contribution in [2.45, 2.75) is 50.8 Å². The highest BCUT2D eigenvalue weighted by Crippen LogP contribution is 2.38. The van der Waals surface area contributed by atoms with Gasteiger partial charge in [0.1, 0.15) is 0 Å². The highest BCUT2D eigenvalue weighted by Gasteiger charge is 2.21. The number of hydrogen-bond acceptors (Lipinski definition) is 1. The molecule has 0 saturated heterocycles. The first-order valence-corrected chi connectivity index (χ1v) is 8.56. The summed E-state index contributed by atoms with van der Waals surface area (Å²) in [4.78, 5) is 2.66. The molecule has 0 N–H and O–H groups in total. The Morgan fingerprint density at radius 3 is 2.50 bits per heavy atom. The smallest absolute Gasteiger partial charge is 0.0927 e. The van der Waals surface area contributed by atoms with Crippen LogP contribution in [0.3, 0.4) is 0 Å². The Bertz CT molecular complexity index is 619. The molecule has 0 radical (unpaired) electrons. The lowest BCUT2D eigenvalue weighted by atomic mass is 9.95. The average molecular weight is 305 g/mol. The summed E-state index contributed by atoms with van der Waals surface area (Å²) in [5.41, 5.74) is 4.46. The van der Waals surface area contributed by atoms with Crippen LogP contribution in [0.25, 0.3) is 0 Å². The van der Waals surface area contributed by atoms with Crippen molar-refractivity contribution in [2.75, 3.05) is 0 Å². The van der Waals surface area contributed by atoms with Gasteiger partial charge in [0.2, 0.25) is 0 Å². The molecule has 0 nitrogen and oxygen atoms in total. The van der Waals surface area contributed by atoms with E-state index in [4.69, 9.17) is 11.6 Å². The molecule has 1 aromatic heterocycles. The zero-order chi connectivity index (χ0) is 14.3. The average Bonchev–Trinajstić information content (AvgIpc) is 3.05. The second kappa shape index (κ2) is 5.20. The zero-order valence-electron chi connectivity index (χ0n) is 12.4.